The quantitative estimate of drug-likeness (QED) is 0.844. The minimum atomic E-state index is -0.779. The fourth-order valence-corrected chi connectivity index (χ4v) is 1.90. The number of hydrogen-bond donors (Lipinski definition) is 1. The molecule has 1 rings (SSSR count). The number of nitrogens with zero attached hydrogens (tertiary/aromatic N) is 1. The number of aliphatic carboxylic acids is 1. The number of carbonyl (C=O) groups is 1. The van der Waals surface area contributed by atoms with Gasteiger partial charge in [-0.05, 0) is 37.1 Å². The predicted molar refractivity (Wildman–Crippen MR) is 72.5 cm³/mol. The molecule has 0 aliphatic heterocycles. The van der Waals surface area contributed by atoms with Crippen molar-refractivity contribution in [3.8, 4) is 5.75 Å². The van der Waals surface area contributed by atoms with E-state index in [0.717, 1.165) is 23.4 Å². The van der Waals surface area contributed by atoms with Gasteiger partial charge in [0.25, 0.3) is 0 Å². The summed E-state index contributed by atoms with van der Waals surface area (Å²) in [6.07, 6.45) is 1.02. The standard InChI is InChI=1S/C14H21NO3/c1-5-11-9-12(6-7-13(11)18-4)15(3)10(2)8-14(16)17/h6-7,9-10H,5,8H2,1-4H3,(H,16,17). The van der Waals surface area contributed by atoms with E-state index in [-0.39, 0.29) is 12.5 Å². The molecule has 1 aromatic carbocycles. The molecule has 0 heterocycles. The Kier molecular flexibility index (Phi) is 5.01. The molecular formula is C14H21NO3. The summed E-state index contributed by atoms with van der Waals surface area (Å²) < 4.78 is 5.28. The van der Waals surface area contributed by atoms with Gasteiger partial charge >= 0.3 is 5.97 Å². The molecule has 18 heavy (non-hydrogen) atoms. The minimum absolute atomic E-state index is 0.0411. The molecule has 1 atom stereocenters. The molecule has 0 radical (unpaired) electrons. The van der Waals surface area contributed by atoms with Crippen LogP contribution < -0.4 is 9.64 Å². The summed E-state index contributed by atoms with van der Waals surface area (Å²) in [5.74, 6) is 0.0964. The summed E-state index contributed by atoms with van der Waals surface area (Å²) in [6, 6.07) is 5.90. The van der Waals surface area contributed by atoms with Gasteiger partial charge in [-0.2, -0.15) is 0 Å². The normalized spacial score (nSPS) is 12.0. The SMILES string of the molecule is CCc1cc(N(C)C(C)CC(=O)O)ccc1OC. The topological polar surface area (TPSA) is 49.8 Å². The van der Waals surface area contributed by atoms with Crippen molar-refractivity contribution in [1.29, 1.82) is 0 Å². The maximum Gasteiger partial charge on any atom is 0.305 e. The monoisotopic (exact) mass is 251 g/mol. The van der Waals surface area contributed by atoms with E-state index in [0.29, 0.717) is 0 Å². The maximum atomic E-state index is 10.7. The van der Waals surface area contributed by atoms with Crippen LogP contribution in [-0.2, 0) is 11.2 Å². The van der Waals surface area contributed by atoms with Crippen LogP contribution in [0.4, 0.5) is 5.69 Å². The Morgan fingerprint density at radius 3 is 2.67 bits per heavy atom. The first kappa shape index (κ1) is 14.4. The van der Waals surface area contributed by atoms with Crippen LogP contribution in [0.15, 0.2) is 18.2 Å². The first-order valence-electron chi connectivity index (χ1n) is 6.11. The van der Waals surface area contributed by atoms with E-state index in [9.17, 15) is 4.79 Å². The lowest BCUT2D eigenvalue weighted by Crippen LogP contribution is -2.30. The van der Waals surface area contributed by atoms with Crippen LogP contribution in [0.1, 0.15) is 25.8 Å². The van der Waals surface area contributed by atoms with Gasteiger partial charge in [0.05, 0.1) is 13.5 Å². The summed E-state index contributed by atoms with van der Waals surface area (Å²) >= 11 is 0. The van der Waals surface area contributed by atoms with Crippen LogP contribution in [0.5, 0.6) is 5.75 Å². The highest BCUT2D eigenvalue weighted by molar-refractivity contribution is 5.68. The molecule has 4 heteroatoms. The number of carboxylic acid groups (broad SMARTS) is 1. The molecule has 1 unspecified atom stereocenters. The predicted octanol–water partition coefficient (Wildman–Crippen LogP) is 2.56. The number of methoxy groups -OCH3 is 1. The number of benzene rings is 1. The van der Waals surface area contributed by atoms with Crippen LogP contribution >= 0.6 is 0 Å². The average Bonchev–Trinajstić information content (AvgIpc) is 2.36. The molecule has 4 nitrogen and oxygen atoms in total. The van der Waals surface area contributed by atoms with Crippen LogP contribution in [0.3, 0.4) is 0 Å². The van der Waals surface area contributed by atoms with Gasteiger partial charge in [-0.3, -0.25) is 4.79 Å². The molecule has 0 aromatic heterocycles. The van der Waals surface area contributed by atoms with Crippen molar-refractivity contribution >= 4 is 11.7 Å². The molecule has 0 saturated carbocycles. The van der Waals surface area contributed by atoms with Crippen molar-refractivity contribution in [2.45, 2.75) is 32.7 Å². The summed E-state index contributed by atoms with van der Waals surface area (Å²) in [5.41, 5.74) is 2.14. The van der Waals surface area contributed by atoms with Crippen LogP contribution in [0, 0.1) is 0 Å². The Bertz CT molecular complexity index is 418. The van der Waals surface area contributed by atoms with Gasteiger partial charge in [0, 0.05) is 18.8 Å². The molecule has 0 aliphatic rings. The van der Waals surface area contributed by atoms with Gasteiger partial charge in [-0.1, -0.05) is 6.92 Å². The van der Waals surface area contributed by atoms with Gasteiger partial charge in [0.1, 0.15) is 5.75 Å². The highest BCUT2D eigenvalue weighted by atomic mass is 16.5. The van der Waals surface area contributed by atoms with E-state index < -0.39 is 5.97 Å². The zero-order valence-electron chi connectivity index (χ0n) is 11.4. The van der Waals surface area contributed by atoms with Gasteiger partial charge in [0.15, 0.2) is 0 Å². The van der Waals surface area contributed by atoms with Crippen molar-refractivity contribution in [2.75, 3.05) is 19.1 Å². The summed E-state index contributed by atoms with van der Waals surface area (Å²) in [6.45, 7) is 3.98. The number of hydrogen-bond acceptors (Lipinski definition) is 3. The second kappa shape index (κ2) is 6.28. The van der Waals surface area contributed by atoms with Gasteiger partial charge in [-0.25, -0.2) is 0 Å². The van der Waals surface area contributed by atoms with Crippen molar-refractivity contribution < 1.29 is 14.6 Å². The number of anilines is 1. The maximum absolute atomic E-state index is 10.7. The van der Waals surface area contributed by atoms with E-state index >= 15 is 0 Å². The molecule has 0 bridgehead atoms. The highest BCUT2D eigenvalue weighted by Gasteiger charge is 2.14. The van der Waals surface area contributed by atoms with E-state index in [2.05, 4.69) is 13.0 Å². The summed E-state index contributed by atoms with van der Waals surface area (Å²) in [7, 11) is 3.57. The Balaban J connectivity index is 2.92. The second-order valence-corrected chi connectivity index (χ2v) is 4.41. The van der Waals surface area contributed by atoms with Crippen molar-refractivity contribution in [3.05, 3.63) is 23.8 Å². The Morgan fingerprint density at radius 1 is 1.50 bits per heavy atom. The van der Waals surface area contributed by atoms with Crippen LogP contribution in [-0.4, -0.2) is 31.3 Å². The smallest absolute Gasteiger partial charge is 0.305 e. The summed E-state index contributed by atoms with van der Waals surface area (Å²) in [5, 5.41) is 8.82. The third-order valence-corrected chi connectivity index (χ3v) is 3.18. The lowest BCUT2D eigenvalue weighted by molar-refractivity contribution is -0.137. The molecular weight excluding hydrogens is 230 g/mol. The Labute approximate surface area is 108 Å². The van der Waals surface area contributed by atoms with Crippen molar-refractivity contribution in [1.82, 2.24) is 0 Å². The van der Waals surface area contributed by atoms with Crippen molar-refractivity contribution in [2.24, 2.45) is 0 Å². The molecule has 0 aliphatic carbocycles. The second-order valence-electron chi connectivity index (χ2n) is 4.41. The average molecular weight is 251 g/mol. The first-order chi connectivity index (χ1) is 8.49. The summed E-state index contributed by atoms with van der Waals surface area (Å²) in [4.78, 5) is 12.7. The fourth-order valence-electron chi connectivity index (χ4n) is 1.90. The van der Waals surface area contributed by atoms with Gasteiger partial charge < -0.3 is 14.7 Å². The highest BCUT2D eigenvalue weighted by Crippen LogP contribution is 2.26. The van der Waals surface area contributed by atoms with E-state index in [1.807, 2.05) is 31.0 Å². The van der Waals surface area contributed by atoms with E-state index in [1.54, 1.807) is 7.11 Å². The molecule has 0 saturated heterocycles. The third-order valence-electron chi connectivity index (χ3n) is 3.18. The van der Waals surface area contributed by atoms with Gasteiger partial charge in [0.2, 0.25) is 0 Å². The largest absolute Gasteiger partial charge is 0.496 e. The molecule has 1 aromatic rings. The molecule has 0 amide bonds. The van der Waals surface area contributed by atoms with Crippen LogP contribution in [0.2, 0.25) is 0 Å². The lowest BCUT2D eigenvalue weighted by Gasteiger charge is -2.26. The third kappa shape index (κ3) is 3.39. The van der Waals surface area contributed by atoms with Crippen LogP contribution in [0.25, 0.3) is 0 Å². The van der Waals surface area contributed by atoms with Gasteiger partial charge in [-0.15, -0.1) is 0 Å². The zero-order chi connectivity index (χ0) is 13.7. The number of ether oxygens (including phenoxy) is 1. The van der Waals surface area contributed by atoms with Crippen molar-refractivity contribution in [3.63, 3.8) is 0 Å². The Hall–Kier alpha value is -1.71. The number of rotatable bonds is 6. The molecule has 0 fully saturated rings. The van der Waals surface area contributed by atoms with E-state index in [4.69, 9.17) is 9.84 Å². The number of carboxylic acids is 1. The molecule has 100 valence electrons. The Morgan fingerprint density at radius 2 is 2.17 bits per heavy atom. The zero-order valence-corrected chi connectivity index (χ0v) is 11.4. The molecule has 0 spiro atoms. The van der Waals surface area contributed by atoms with E-state index in [1.165, 1.54) is 0 Å². The molecule has 1 N–H and O–H groups in total. The fraction of sp³-hybridized carbons (Fsp3) is 0.500. The minimum Gasteiger partial charge on any atom is -0.496 e. The lowest BCUT2D eigenvalue weighted by atomic mass is 10.1. The number of aryl methyl sites for hydroxylation is 1. The first-order valence-corrected chi connectivity index (χ1v) is 6.11.